The largest absolute Gasteiger partial charge is 0.506 e. The van der Waals surface area contributed by atoms with Crippen molar-refractivity contribution in [2.45, 2.75) is 6.92 Å². The second-order valence-corrected chi connectivity index (χ2v) is 7.33. The Kier molecular flexibility index (Phi) is 5.22. The number of amides is 2. The molecule has 156 valence electrons. The Hall–Kier alpha value is -3.68. The fourth-order valence-electron chi connectivity index (χ4n) is 3.78. The van der Waals surface area contributed by atoms with Crippen LogP contribution in [0.1, 0.15) is 5.69 Å². The Balaban J connectivity index is 1.48. The van der Waals surface area contributed by atoms with Crippen molar-refractivity contribution < 1.29 is 9.90 Å². The summed E-state index contributed by atoms with van der Waals surface area (Å²) in [6.07, 6.45) is 0. The van der Waals surface area contributed by atoms with Crippen LogP contribution in [0.5, 0.6) is 5.75 Å². The Morgan fingerprint density at radius 2 is 1.60 bits per heavy atom. The molecule has 0 atom stereocenters. The van der Waals surface area contributed by atoms with Crippen LogP contribution in [-0.4, -0.2) is 51.6 Å². The van der Waals surface area contributed by atoms with Gasteiger partial charge in [-0.05, 0) is 31.2 Å². The molecule has 1 aromatic heterocycles. The molecule has 4 rings (SSSR count). The molecule has 0 unspecified atom stereocenters. The molecule has 8 heteroatoms. The molecular weight excluding hydrogens is 382 g/mol. The van der Waals surface area contributed by atoms with E-state index in [1.807, 2.05) is 49.4 Å². The van der Waals surface area contributed by atoms with E-state index >= 15 is 0 Å². The fraction of sp³-hybridized carbons (Fsp3) is 0.273. The van der Waals surface area contributed by atoms with E-state index in [1.54, 1.807) is 33.4 Å². The van der Waals surface area contributed by atoms with Gasteiger partial charge in [0.15, 0.2) is 0 Å². The van der Waals surface area contributed by atoms with E-state index in [4.69, 9.17) is 0 Å². The van der Waals surface area contributed by atoms with Gasteiger partial charge in [0.2, 0.25) is 0 Å². The van der Waals surface area contributed by atoms with E-state index in [-0.39, 0.29) is 23.0 Å². The number of hydrogen-bond donors (Lipinski definition) is 2. The number of nitrogens with one attached hydrogen (secondary N) is 1. The number of benzene rings is 2. The summed E-state index contributed by atoms with van der Waals surface area (Å²) in [4.78, 5) is 29.5. The van der Waals surface area contributed by atoms with E-state index in [2.05, 4.69) is 10.2 Å². The van der Waals surface area contributed by atoms with Crippen LogP contribution in [0, 0.1) is 6.92 Å². The smallest absolute Gasteiger partial charge is 0.322 e. The standard InChI is InChI=1S/C22H25N5O3/c1-16-20(21(29)27(24(16)2)17-8-4-3-5-9-17)23-22(30)26-14-12-25(13-15-26)18-10-6-7-11-19(18)28/h3-11,28H,12-15H2,1-2H3,(H,23,30). The lowest BCUT2D eigenvalue weighted by Crippen LogP contribution is -2.50. The lowest BCUT2D eigenvalue weighted by atomic mass is 10.2. The van der Waals surface area contributed by atoms with Crippen LogP contribution in [-0.2, 0) is 7.05 Å². The predicted molar refractivity (Wildman–Crippen MR) is 117 cm³/mol. The van der Waals surface area contributed by atoms with Crippen molar-refractivity contribution in [3.63, 3.8) is 0 Å². The predicted octanol–water partition coefficient (Wildman–Crippen LogP) is 2.54. The van der Waals surface area contributed by atoms with Crippen LogP contribution < -0.4 is 15.8 Å². The number of aromatic nitrogens is 2. The summed E-state index contributed by atoms with van der Waals surface area (Å²) in [5.41, 5.74) is 2.22. The van der Waals surface area contributed by atoms with Crippen molar-refractivity contribution in [2.75, 3.05) is 36.4 Å². The molecule has 2 N–H and O–H groups in total. The van der Waals surface area contributed by atoms with E-state index < -0.39 is 0 Å². The monoisotopic (exact) mass is 407 g/mol. The summed E-state index contributed by atoms with van der Waals surface area (Å²) in [5, 5.41) is 12.9. The number of rotatable bonds is 3. The van der Waals surface area contributed by atoms with Crippen LogP contribution >= 0.6 is 0 Å². The maximum Gasteiger partial charge on any atom is 0.322 e. The van der Waals surface area contributed by atoms with Gasteiger partial charge in [-0.3, -0.25) is 9.48 Å². The number of hydrogen-bond acceptors (Lipinski definition) is 4. The van der Waals surface area contributed by atoms with Crippen molar-refractivity contribution in [3.05, 3.63) is 70.6 Å². The SMILES string of the molecule is Cc1c(NC(=O)N2CCN(c3ccccc3O)CC2)c(=O)n(-c2ccccc2)n1C. The molecular formula is C22H25N5O3. The Morgan fingerprint density at radius 3 is 2.27 bits per heavy atom. The molecule has 2 heterocycles. The molecule has 0 saturated carbocycles. The first kappa shape index (κ1) is 19.6. The average molecular weight is 407 g/mol. The topological polar surface area (TPSA) is 82.7 Å². The van der Waals surface area contributed by atoms with E-state index in [0.717, 1.165) is 11.4 Å². The molecule has 0 bridgehead atoms. The Bertz CT molecular complexity index is 1110. The van der Waals surface area contributed by atoms with Crippen molar-refractivity contribution in [3.8, 4) is 11.4 Å². The summed E-state index contributed by atoms with van der Waals surface area (Å²) in [7, 11) is 1.80. The number of phenols is 1. The first-order chi connectivity index (χ1) is 14.5. The van der Waals surface area contributed by atoms with Gasteiger partial charge in [-0.1, -0.05) is 30.3 Å². The Labute approximate surface area is 174 Å². The highest BCUT2D eigenvalue weighted by Gasteiger charge is 2.25. The molecule has 2 amide bonds. The van der Waals surface area contributed by atoms with Crippen molar-refractivity contribution in [1.29, 1.82) is 0 Å². The summed E-state index contributed by atoms with van der Waals surface area (Å²) >= 11 is 0. The zero-order valence-corrected chi connectivity index (χ0v) is 17.1. The van der Waals surface area contributed by atoms with Gasteiger partial charge in [0.1, 0.15) is 11.4 Å². The fourth-order valence-corrected chi connectivity index (χ4v) is 3.78. The van der Waals surface area contributed by atoms with Gasteiger partial charge >= 0.3 is 6.03 Å². The van der Waals surface area contributed by atoms with Crippen molar-refractivity contribution in [1.82, 2.24) is 14.3 Å². The number of phenolic OH excluding ortho intramolecular Hbond substituents is 1. The van der Waals surface area contributed by atoms with Crippen LogP contribution in [0.25, 0.3) is 5.69 Å². The molecule has 8 nitrogen and oxygen atoms in total. The summed E-state index contributed by atoms with van der Waals surface area (Å²) in [5.74, 6) is 0.233. The van der Waals surface area contributed by atoms with Gasteiger partial charge < -0.3 is 20.2 Å². The second-order valence-electron chi connectivity index (χ2n) is 7.33. The van der Waals surface area contributed by atoms with E-state index in [0.29, 0.717) is 31.9 Å². The lowest BCUT2D eigenvalue weighted by Gasteiger charge is -2.36. The van der Waals surface area contributed by atoms with Gasteiger partial charge in [-0.15, -0.1) is 0 Å². The first-order valence-corrected chi connectivity index (χ1v) is 9.90. The van der Waals surface area contributed by atoms with Crippen LogP contribution in [0.4, 0.5) is 16.2 Å². The third kappa shape index (κ3) is 3.52. The molecule has 1 aliphatic heterocycles. The van der Waals surface area contributed by atoms with Crippen molar-refractivity contribution >= 4 is 17.4 Å². The summed E-state index contributed by atoms with van der Waals surface area (Å²) in [6.45, 7) is 4.02. The normalized spacial score (nSPS) is 14.1. The van der Waals surface area contributed by atoms with Gasteiger partial charge in [0.25, 0.3) is 5.56 Å². The minimum Gasteiger partial charge on any atom is -0.506 e. The third-order valence-electron chi connectivity index (χ3n) is 5.58. The third-order valence-corrected chi connectivity index (χ3v) is 5.58. The number of para-hydroxylation sites is 3. The minimum absolute atomic E-state index is 0.233. The van der Waals surface area contributed by atoms with Gasteiger partial charge in [-0.2, -0.15) is 0 Å². The molecule has 0 aliphatic carbocycles. The number of piperazine rings is 1. The molecule has 0 spiro atoms. The number of anilines is 2. The zero-order valence-electron chi connectivity index (χ0n) is 17.1. The van der Waals surface area contributed by atoms with Gasteiger partial charge in [0.05, 0.1) is 17.1 Å². The maximum atomic E-state index is 13.0. The van der Waals surface area contributed by atoms with Crippen LogP contribution in [0.2, 0.25) is 0 Å². The first-order valence-electron chi connectivity index (χ1n) is 9.90. The molecule has 2 aromatic carbocycles. The number of aromatic hydroxyl groups is 1. The number of urea groups is 1. The highest BCUT2D eigenvalue weighted by molar-refractivity contribution is 5.90. The van der Waals surface area contributed by atoms with Gasteiger partial charge in [0, 0.05) is 33.2 Å². The van der Waals surface area contributed by atoms with Gasteiger partial charge in [-0.25, -0.2) is 9.48 Å². The average Bonchev–Trinajstić information content (AvgIpc) is 2.98. The van der Waals surface area contributed by atoms with Crippen LogP contribution in [0.15, 0.2) is 59.4 Å². The van der Waals surface area contributed by atoms with E-state index in [1.165, 1.54) is 0 Å². The maximum absolute atomic E-state index is 13.0. The highest BCUT2D eigenvalue weighted by Crippen LogP contribution is 2.27. The number of carbonyl (C=O) groups excluding carboxylic acids is 1. The minimum atomic E-state index is -0.294. The van der Waals surface area contributed by atoms with E-state index in [9.17, 15) is 14.7 Å². The number of carbonyl (C=O) groups is 1. The highest BCUT2D eigenvalue weighted by atomic mass is 16.3. The molecule has 1 fully saturated rings. The van der Waals surface area contributed by atoms with Crippen molar-refractivity contribution in [2.24, 2.45) is 7.05 Å². The van der Waals surface area contributed by atoms with Crippen LogP contribution in [0.3, 0.4) is 0 Å². The molecule has 1 saturated heterocycles. The Morgan fingerprint density at radius 1 is 0.967 bits per heavy atom. The molecule has 0 radical (unpaired) electrons. The molecule has 3 aromatic rings. The quantitative estimate of drug-likeness (QED) is 0.699. The molecule has 30 heavy (non-hydrogen) atoms. The number of nitrogens with zero attached hydrogens (tertiary/aromatic N) is 4. The zero-order chi connectivity index (χ0) is 21.3. The second kappa shape index (κ2) is 7.98. The lowest BCUT2D eigenvalue weighted by molar-refractivity contribution is 0.208. The summed E-state index contributed by atoms with van der Waals surface area (Å²) in [6, 6.07) is 16.2. The molecule has 1 aliphatic rings. The summed E-state index contributed by atoms with van der Waals surface area (Å²) < 4.78 is 3.28.